The van der Waals surface area contributed by atoms with Gasteiger partial charge in [-0.3, -0.25) is 4.40 Å². The Kier molecular flexibility index (Phi) is 3.16. The minimum absolute atomic E-state index is 0.910. The van der Waals surface area contributed by atoms with Crippen LogP contribution in [-0.2, 0) is 5.75 Å². The normalized spacial score (nSPS) is 11.5. The number of thiophene rings is 1. The smallest absolute Gasteiger partial charge is 0.143 e. The van der Waals surface area contributed by atoms with E-state index < -0.39 is 0 Å². The van der Waals surface area contributed by atoms with Crippen molar-refractivity contribution in [1.82, 2.24) is 14.6 Å². The van der Waals surface area contributed by atoms with Crippen molar-refractivity contribution in [2.75, 3.05) is 0 Å². The topological polar surface area (TPSA) is 30.2 Å². The maximum atomic E-state index is 4.39. The van der Waals surface area contributed by atoms with Gasteiger partial charge in [0.15, 0.2) is 0 Å². The molecule has 0 atom stereocenters. The van der Waals surface area contributed by atoms with E-state index in [1.807, 2.05) is 13.0 Å². The molecule has 0 N–H and O–H groups in total. The molecule has 5 heteroatoms. The fraction of sp³-hybridized carbons (Fsp3) is 0.125. The van der Waals surface area contributed by atoms with Gasteiger partial charge in [-0.1, -0.05) is 42.1 Å². The number of thioether (sulfide) groups is 1. The molecule has 4 rings (SSSR count). The van der Waals surface area contributed by atoms with Crippen molar-refractivity contribution in [3.8, 4) is 0 Å². The summed E-state index contributed by atoms with van der Waals surface area (Å²) >= 11 is 3.50. The monoisotopic (exact) mass is 311 g/mol. The lowest BCUT2D eigenvalue weighted by atomic mass is 10.2. The van der Waals surface area contributed by atoms with Crippen molar-refractivity contribution in [3.63, 3.8) is 0 Å². The lowest BCUT2D eigenvalue weighted by Crippen LogP contribution is -1.99. The highest BCUT2D eigenvalue weighted by atomic mass is 32.2. The Labute approximate surface area is 130 Å². The van der Waals surface area contributed by atoms with Gasteiger partial charge in [-0.15, -0.1) is 21.5 Å². The van der Waals surface area contributed by atoms with Crippen LogP contribution in [-0.4, -0.2) is 14.6 Å². The molecule has 0 aliphatic carbocycles. The van der Waals surface area contributed by atoms with Gasteiger partial charge in [0.05, 0.1) is 15.7 Å². The van der Waals surface area contributed by atoms with Crippen LogP contribution in [0.2, 0.25) is 0 Å². The summed E-state index contributed by atoms with van der Waals surface area (Å²) in [6.45, 7) is 2.00. The van der Waals surface area contributed by atoms with Crippen LogP contribution in [0, 0.1) is 6.92 Å². The molecular weight excluding hydrogens is 298 g/mol. The van der Waals surface area contributed by atoms with E-state index in [-0.39, 0.29) is 0 Å². The van der Waals surface area contributed by atoms with Crippen LogP contribution in [0.4, 0.5) is 0 Å². The second-order valence-electron chi connectivity index (χ2n) is 4.86. The SMILES string of the molecule is Cc1nnc(SCc2ccccc2)c2cc3sccc3n12. The lowest BCUT2D eigenvalue weighted by molar-refractivity contribution is 0.837. The maximum Gasteiger partial charge on any atom is 0.143 e. The number of hydrogen-bond acceptors (Lipinski definition) is 4. The van der Waals surface area contributed by atoms with Gasteiger partial charge in [-0.05, 0) is 30.0 Å². The van der Waals surface area contributed by atoms with Crippen molar-refractivity contribution in [2.45, 2.75) is 17.7 Å². The summed E-state index contributed by atoms with van der Waals surface area (Å²) in [5.41, 5.74) is 3.69. The Balaban J connectivity index is 1.77. The van der Waals surface area contributed by atoms with Crippen LogP contribution in [0.15, 0.2) is 52.9 Å². The van der Waals surface area contributed by atoms with Crippen LogP contribution in [0.3, 0.4) is 0 Å². The third-order valence-corrected chi connectivity index (χ3v) is 5.36. The number of aryl methyl sites for hydroxylation is 1. The maximum absolute atomic E-state index is 4.39. The first-order chi connectivity index (χ1) is 10.3. The quantitative estimate of drug-likeness (QED) is 0.520. The zero-order chi connectivity index (χ0) is 14.2. The Morgan fingerprint density at radius 2 is 1.95 bits per heavy atom. The van der Waals surface area contributed by atoms with Crippen LogP contribution in [0.25, 0.3) is 15.7 Å². The third-order valence-electron chi connectivity index (χ3n) is 3.47. The molecule has 21 heavy (non-hydrogen) atoms. The summed E-state index contributed by atoms with van der Waals surface area (Å²) < 4.78 is 3.49. The Morgan fingerprint density at radius 3 is 2.81 bits per heavy atom. The molecule has 3 aromatic heterocycles. The summed E-state index contributed by atoms with van der Waals surface area (Å²) in [5, 5.41) is 11.8. The molecule has 0 radical (unpaired) electrons. The molecule has 0 spiro atoms. The van der Waals surface area contributed by atoms with Crippen molar-refractivity contribution in [1.29, 1.82) is 0 Å². The van der Waals surface area contributed by atoms with Crippen LogP contribution in [0.1, 0.15) is 11.4 Å². The summed E-state index contributed by atoms with van der Waals surface area (Å²) in [6, 6.07) is 14.8. The molecule has 3 heterocycles. The van der Waals surface area contributed by atoms with Crippen molar-refractivity contribution in [2.24, 2.45) is 0 Å². The van der Waals surface area contributed by atoms with E-state index in [0.717, 1.165) is 22.1 Å². The Morgan fingerprint density at radius 1 is 1.10 bits per heavy atom. The number of fused-ring (bicyclic) bond motifs is 3. The second-order valence-corrected chi connectivity index (χ2v) is 6.77. The highest BCUT2D eigenvalue weighted by Gasteiger charge is 2.12. The predicted molar refractivity (Wildman–Crippen MR) is 89.1 cm³/mol. The molecule has 0 aliphatic heterocycles. The van der Waals surface area contributed by atoms with Crippen molar-refractivity contribution < 1.29 is 0 Å². The van der Waals surface area contributed by atoms with E-state index in [1.54, 1.807) is 23.1 Å². The summed E-state index contributed by atoms with van der Waals surface area (Å²) in [4.78, 5) is 0. The minimum atomic E-state index is 0.910. The third kappa shape index (κ3) is 2.22. The van der Waals surface area contributed by atoms with E-state index >= 15 is 0 Å². The lowest BCUT2D eigenvalue weighted by Gasteiger charge is -2.05. The van der Waals surface area contributed by atoms with Gasteiger partial charge in [0.2, 0.25) is 0 Å². The summed E-state index contributed by atoms with van der Waals surface area (Å²) in [5.74, 6) is 1.84. The molecule has 0 unspecified atom stereocenters. The molecule has 0 bridgehead atoms. The molecule has 0 aliphatic rings. The number of rotatable bonds is 3. The van der Waals surface area contributed by atoms with Gasteiger partial charge >= 0.3 is 0 Å². The first-order valence-corrected chi connectivity index (χ1v) is 8.58. The van der Waals surface area contributed by atoms with Crippen LogP contribution >= 0.6 is 23.1 Å². The summed E-state index contributed by atoms with van der Waals surface area (Å²) in [6.07, 6.45) is 0. The van der Waals surface area contributed by atoms with Crippen molar-refractivity contribution in [3.05, 3.63) is 59.2 Å². The zero-order valence-corrected chi connectivity index (χ0v) is 13.1. The first kappa shape index (κ1) is 12.9. The van der Waals surface area contributed by atoms with Gasteiger partial charge in [0.1, 0.15) is 10.9 Å². The summed E-state index contributed by atoms with van der Waals surface area (Å²) in [7, 11) is 0. The molecule has 0 amide bonds. The number of benzene rings is 1. The number of aromatic nitrogens is 3. The van der Waals surface area contributed by atoms with E-state index in [2.05, 4.69) is 56.4 Å². The number of nitrogens with zero attached hydrogens (tertiary/aromatic N) is 3. The standard InChI is InChI=1S/C16H13N3S2/c1-11-17-18-16(21-10-12-5-3-2-4-6-12)14-9-15-13(19(11)14)7-8-20-15/h2-9H,10H2,1H3. The van der Waals surface area contributed by atoms with Crippen molar-refractivity contribution >= 4 is 38.8 Å². The minimum Gasteiger partial charge on any atom is -0.293 e. The second kappa shape index (κ2) is 5.16. The number of hydrogen-bond donors (Lipinski definition) is 0. The Hall–Kier alpha value is -1.85. The van der Waals surface area contributed by atoms with E-state index in [0.29, 0.717) is 0 Å². The van der Waals surface area contributed by atoms with Gasteiger partial charge in [0, 0.05) is 5.75 Å². The average molecular weight is 311 g/mol. The highest BCUT2D eigenvalue weighted by Crippen LogP contribution is 2.31. The van der Waals surface area contributed by atoms with Crippen LogP contribution in [0.5, 0.6) is 0 Å². The van der Waals surface area contributed by atoms with Gasteiger partial charge < -0.3 is 0 Å². The predicted octanol–water partition coefficient (Wildman–Crippen LogP) is 4.54. The highest BCUT2D eigenvalue weighted by molar-refractivity contribution is 7.98. The Bertz CT molecular complexity index is 909. The molecule has 4 aromatic rings. The van der Waals surface area contributed by atoms with E-state index in [1.165, 1.54) is 15.8 Å². The fourth-order valence-electron chi connectivity index (χ4n) is 2.47. The molecular formula is C16H13N3S2. The molecule has 0 saturated heterocycles. The molecule has 104 valence electrons. The van der Waals surface area contributed by atoms with E-state index in [4.69, 9.17) is 0 Å². The fourth-order valence-corrected chi connectivity index (χ4v) is 4.17. The first-order valence-electron chi connectivity index (χ1n) is 6.71. The molecule has 3 nitrogen and oxygen atoms in total. The van der Waals surface area contributed by atoms with Gasteiger partial charge in [0.25, 0.3) is 0 Å². The molecule has 0 fully saturated rings. The zero-order valence-electron chi connectivity index (χ0n) is 11.5. The van der Waals surface area contributed by atoms with E-state index in [9.17, 15) is 0 Å². The van der Waals surface area contributed by atoms with Gasteiger partial charge in [-0.25, -0.2) is 0 Å². The average Bonchev–Trinajstić information content (AvgIpc) is 3.08. The van der Waals surface area contributed by atoms with Gasteiger partial charge in [-0.2, -0.15) is 0 Å². The largest absolute Gasteiger partial charge is 0.293 e. The molecule has 0 saturated carbocycles. The van der Waals surface area contributed by atoms with Crippen LogP contribution < -0.4 is 0 Å². The molecule has 1 aromatic carbocycles.